The highest BCUT2D eigenvalue weighted by Gasteiger charge is 2.15. The van der Waals surface area contributed by atoms with Crippen molar-refractivity contribution in [1.82, 2.24) is 4.90 Å². The van der Waals surface area contributed by atoms with Gasteiger partial charge >= 0.3 is 0 Å². The molecule has 0 spiro atoms. The van der Waals surface area contributed by atoms with E-state index in [4.69, 9.17) is 4.74 Å². The molecular formula is C13H17NO. The second kappa shape index (κ2) is 4.49. The highest BCUT2D eigenvalue weighted by Crippen LogP contribution is 2.25. The first-order chi connectivity index (χ1) is 7.33. The van der Waals surface area contributed by atoms with E-state index in [9.17, 15) is 0 Å². The maximum atomic E-state index is 5.67. The van der Waals surface area contributed by atoms with Crippen molar-refractivity contribution in [2.24, 2.45) is 0 Å². The number of hydrogen-bond acceptors (Lipinski definition) is 2. The third-order valence-electron chi connectivity index (χ3n) is 2.72. The van der Waals surface area contributed by atoms with Crippen molar-refractivity contribution >= 4 is 0 Å². The second-order valence-electron chi connectivity index (χ2n) is 3.87. The van der Waals surface area contributed by atoms with Crippen molar-refractivity contribution in [3.8, 4) is 5.75 Å². The molecule has 0 bridgehead atoms. The van der Waals surface area contributed by atoms with E-state index in [1.54, 1.807) is 0 Å². The minimum atomic E-state index is 0.671. The lowest BCUT2D eigenvalue weighted by atomic mass is 10.1. The predicted octanol–water partition coefficient (Wildman–Crippen LogP) is 2.59. The van der Waals surface area contributed by atoms with Crippen LogP contribution in [0.15, 0.2) is 30.9 Å². The Bertz CT molecular complexity index is 360. The average molecular weight is 203 g/mol. The number of fused-ring (bicyclic) bond motifs is 1. The number of rotatable bonds is 3. The number of hydrogen-bond donors (Lipinski definition) is 0. The molecule has 2 rings (SSSR count). The average Bonchev–Trinajstić information content (AvgIpc) is 2.28. The van der Waals surface area contributed by atoms with E-state index in [0.717, 1.165) is 25.3 Å². The summed E-state index contributed by atoms with van der Waals surface area (Å²) in [7, 11) is 0. The molecule has 0 radical (unpaired) electrons. The summed E-state index contributed by atoms with van der Waals surface area (Å²) in [5, 5.41) is 0. The highest BCUT2D eigenvalue weighted by atomic mass is 16.5. The van der Waals surface area contributed by atoms with Gasteiger partial charge in [0.15, 0.2) is 0 Å². The fraction of sp³-hybridized carbons (Fsp3) is 0.385. The summed E-state index contributed by atoms with van der Waals surface area (Å²) in [6.07, 6.45) is 2.99. The molecule has 15 heavy (non-hydrogen) atoms. The Morgan fingerprint density at radius 1 is 1.53 bits per heavy atom. The Balaban J connectivity index is 2.19. The lowest BCUT2D eigenvalue weighted by Crippen LogP contribution is -2.32. The molecule has 0 atom stereocenters. The van der Waals surface area contributed by atoms with Crippen LogP contribution in [0.5, 0.6) is 5.75 Å². The first kappa shape index (κ1) is 10.2. The van der Waals surface area contributed by atoms with Gasteiger partial charge in [0.2, 0.25) is 0 Å². The van der Waals surface area contributed by atoms with Gasteiger partial charge in [-0.1, -0.05) is 25.1 Å². The molecule has 0 amide bonds. The van der Waals surface area contributed by atoms with E-state index in [-0.39, 0.29) is 0 Å². The maximum Gasteiger partial charge on any atom is 0.142 e. The van der Waals surface area contributed by atoms with Crippen LogP contribution in [0, 0.1) is 0 Å². The van der Waals surface area contributed by atoms with Crippen LogP contribution in [0.1, 0.15) is 18.1 Å². The first-order valence-electron chi connectivity index (χ1n) is 5.41. The third-order valence-corrected chi connectivity index (χ3v) is 2.72. The summed E-state index contributed by atoms with van der Waals surface area (Å²) in [4.78, 5) is 2.23. The third kappa shape index (κ3) is 2.21. The van der Waals surface area contributed by atoms with Gasteiger partial charge in [0.05, 0.1) is 0 Å². The lowest BCUT2D eigenvalue weighted by Gasteiger charge is -2.28. The Kier molecular flexibility index (Phi) is 3.07. The lowest BCUT2D eigenvalue weighted by molar-refractivity contribution is 0.107. The Hall–Kier alpha value is -1.28. The Morgan fingerprint density at radius 3 is 3.13 bits per heavy atom. The van der Waals surface area contributed by atoms with Gasteiger partial charge in [-0.25, -0.2) is 0 Å². The molecule has 0 N–H and O–H groups in total. The van der Waals surface area contributed by atoms with Crippen LogP contribution in [-0.2, 0) is 13.0 Å². The summed E-state index contributed by atoms with van der Waals surface area (Å²) in [6, 6.07) is 6.46. The fourth-order valence-corrected chi connectivity index (χ4v) is 1.86. The Labute approximate surface area is 91.2 Å². The molecular weight excluding hydrogens is 186 g/mol. The van der Waals surface area contributed by atoms with Crippen LogP contribution in [0.2, 0.25) is 0 Å². The van der Waals surface area contributed by atoms with Crippen molar-refractivity contribution < 1.29 is 4.74 Å². The number of ether oxygens (including phenoxy) is 1. The van der Waals surface area contributed by atoms with Crippen molar-refractivity contribution in [3.05, 3.63) is 42.0 Å². The zero-order chi connectivity index (χ0) is 10.7. The van der Waals surface area contributed by atoms with Gasteiger partial charge in [-0.15, -0.1) is 6.58 Å². The quantitative estimate of drug-likeness (QED) is 0.700. The standard InChI is InChI=1S/C13H17NO/c1-3-7-14-9-12-8-11(4-2)5-6-13(12)15-10-14/h3,5-6,8H,1,4,7,9-10H2,2H3. The zero-order valence-corrected chi connectivity index (χ0v) is 9.20. The summed E-state index contributed by atoms with van der Waals surface area (Å²) >= 11 is 0. The molecule has 80 valence electrons. The van der Waals surface area contributed by atoms with Crippen molar-refractivity contribution in [2.45, 2.75) is 19.9 Å². The van der Waals surface area contributed by atoms with Gasteiger partial charge in [0.1, 0.15) is 12.5 Å². The van der Waals surface area contributed by atoms with Crippen LogP contribution >= 0.6 is 0 Å². The molecule has 2 nitrogen and oxygen atoms in total. The molecule has 1 aromatic rings. The van der Waals surface area contributed by atoms with Gasteiger partial charge in [0.25, 0.3) is 0 Å². The number of aryl methyl sites for hydroxylation is 1. The summed E-state index contributed by atoms with van der Waals surface area (Å²) < 4.78 is 5.67. The molecule has 0 saturated heterocycles. The molecule has 1 aliphatic rings. The second-order valence-corrected chi connectivity index (χ2v) is 3.87. The van der Waals surface area contributed by atoms with E-state index in [2.05, 4.69) is 36.6 Å². The monoisotopic (exact) mass is 203 g/mol. The van der Waals surface area contributed by atoms with E-state index in [0.29, 0.717) is 6.73 Å². The molecule has 1 heterocycles. The predicted molar refractivity (Wildman–Crippen MR) is 61.9 cm³/mol. The summed E-state index contributed by atoms with van der Waals surface area (Å²) in [6.45, 7) is 8.44. The maximum absolute atomic E-state index is 5.67. The van der Waals surface area contributed by atoms with Crippen LogP contribution in [0.3, 0.4) is 0 Å². The summed E-state index contributed by atoms with van der Waals surface area (Å²) in [5.41, 5.74) is 2.67. The van der Waals surface area contributed by atoms with E-state index in [1.165, 1.54) is 11.1 Å². The molecule has 0 aromatic heterocycles. The van der Waals surface area contributed by atoms with Crippen molar-refractivity contribution in [1.29, 1.82) is 0 Å². The molecule has 1 aromatic carbocycles. The van der Waals surface area contributed by atoms with Gasteiger partial charge in [-0.2, -0.15) is 0 Å². The number of nitrogens with zero attached hydrogens (tertiary/aromatic N) is 1. The zero-order valence-electron chi connectivity index (χ0n) is 9.20. The minimum absolute atomic E-state index is 0.671. The van der Waals surface area contributed by atoms with Gasteiger partial charge in [0, 0.05) is 18.7 Å². The molecule has 0 unspecified atom stereocenters. The van der Waals surface area contributed by atoms with Crippen LogP contribution in [0.4, 0.5) is 0 Å². The van der Waals surface area contributed by atoms with Crippen LogP contribution < -0.4 is 4.74 Å². The molecule has 1 aliphatic heterocycles. The summed E-state index contributed by atoms with van der Waals surface area (Å²) in [5.74, 6) is 1.03. The fourth-order valence-electron chi connectivity index (χ4n) is 1.86. The molecule has 0 saturated carbocycles. The molecule has 0 aliphatic carbocycles. The Morgan fingerprint density at radius 2 is 2.40 bits per heavy atom. The highest BCUT2D eigenvalue weighted by molar-refractivity contribution is 5.38. The smallest absolute Gasteiger partial charge is 0.142 e. The van der Waals surface area contributed by atoms with Gasteiger partial charge < -0.3 is 4.74 Å². The largest absolute Gasteiger partial charge is 0.478 e. The van der Waals surface area contributed by atoms with Crippen LogP contribution in [-0.4, -0.2) is 18.2 Å². The van der Waals surface area contributed by atoms with Gasteiger partial charge in [-0.05, 0) is 18.1 Å². The molecule has 0 fully saturated rings. The minimum Gasteiger partial charge on any atom is -0.478 e. The van der Waals surface area contributed by atoms with Gasteiger partial charge in [-0.3, -0.25) is 4.90 Å². The molecule has 2 heteroatoms. The van der Waals surface area contributed by atoms with E-state index < -0.39 is 0 Å². The SMILES string of the molecule is C=CCN1COc2ccc(CC)cc2C1. The van der Waals surface area contributed by atoms with E-state index in [1.807, 2.05) is 6.08 Å². The van der Waals surface area contributed by atoms with Crippen LogP contribution in [0.25, 0.3) is 0 Å². The first-order valence-corrected chi connectivity index (χ1v) is 5.41. The van der Waals surface area contributed by atoms with E-state index >= 15 is 0 Å². The van der Waals surface area contributed by atoms with Crippen molar-refractivity contribution in [2.75, 3.05) is 13.3 Å². The topological polar surface area (TPSA) is 12.5 Å². The normalized spacial score (nSPS) is 15.5. The van der Waals surface area contributed by atoms with Crippen molar-refractivity contribution in [3.63, 3.8) is 0 Å². The number of benzene rings is 1.